The number of hydrogen-bond donors (Lipinski definition) is 1. The fourth-order valence-corrected chi connectivity index (χ4v) is 2.77. The molecule has 1 N–H and O–H groups in total. The molecule has 1 heterocycles. The summed E-state index contributed by atoms with van der Waals surface area (Å²) >= 11 is 1.84. The largest absolute Gasteiger partial charge is 0.311 e. The Morgan fingerprint density at radius 2 is 2.06 bits per heavy atom. The fourth-order valence-electron chi connectivity index (χ4n) is 1.74. The molecule has 96 valence electrons. The van der Waals surface area contributed by atoms with Gasteiger partial charge < -0.3 is 5.32 Å². The molecular formula is C13H18N4S. The minimum absolute atomic E-state index is 0.260. The van der Waals surface area contributed by atoms with E-state index < -0.39 is 0 Å². The van der Waals surface area contributed by atoms with Crippen molar-refractivity contribution in [2.45, 2.75) is 17.9 Å². The lowest BCUT2D eigenvalue weighted by Gasteiger charge is -2.15. The Hall–Kier alpha value is -1.33. The van der Waals surface area contributed by atoms with Crippen molar-refractivity contribution in [3.05, 3.63) is 41.7 Å². The van der Waals surface area contributed by atoms with E-state index in [0.29, 0.717) is 0 Å². The average Bonchev–Trinajstić information content (AvgIpc) is 2.79. The van der Waals surface area contributed by atoms with Gasteiger partial charge in [0.25, 0.3) is 0 Å². The molecule has 0 saturated carbocycles. The number of hydrogen-bond acceptors (Lipinski definition) is 4. The van der Waals surface area contributed by atoms with Gasteiger partial charge in [-0.3, -0.25) is 4.68 Å². The molecule has 5 heteroatoms. The first-order valence-electron chi connectivity index (χ1n) is 5.92. The first-order valence-corrected chi connectivity index (χ1v) is 6.90. The number of nitrogens with one attached hydrogen (secondary N) is 1. The van der Waals surface area contributed by atoms with Crippen LogP contribution in [0.25, 0.3) is 0 Å². The number of thioether (sulfide) groups is 1. The Morgan fingerprint density at radius 3 is 2.61 bits per heavy atom. The van der Waals surface area contributed by atoms with Gasteiger partial charge in [-0.15, -0.1) is 16.9 Å². The van der Waals surface area contributed by atoms with Crippen LogP contribution in [0, 0.1) is 6.92 Å². The van der Waals surface area contributed by atoms with Gasteiger partial charge in [0.2, 0.25) is 0 Å². The molecule has 0 bridgehead atoms. The van der Waals surface area contributed by atoms with Crippen LogP contribution in [0.3, 0.4) is 0 Å². The molecule has 0 spiro atoms. The second kappa shape index (κ2) is 6.02. The molecule has 0 aliphatic heterocycles. The Bertz CT molecular complexity index is 492. The van der Waals surface area contributed by atoms with Crippen LogP contribution in [-0.4, -0.2) is 27.8 Å². The lowest BCUT2D eigenvalue weighted by Crippen LogP contribution is -2.21. The van der Waals surface area contributed by atoms with Crippen LogP contribution >= 0.6 is 11.8 Å². The molecular weight excluding hydrogens is 244 g/mol. The van der Waals surface area contributed by atoms with E-state index in [9.17, 15) is 0 Å². The van der Waals surface area contributed by atoms with E-state index >= 15 is 0 Å². The number of aryl methyl sites for hydroxylation is 2. The van der Waals surface area contributed by atoms with Gasteiger partial charge >= 0.3 is 0 Å². The van der Waals surface area contributed by atoms with Crippen LogP contribution in [0.1, 0.15) is 17.3 Å². The average molecular weight is 262 g/mol. The number of benzene rings is 1. The summed E-state index contributed by atoms with van der Waals surface area (Å²) in [6.45, 7) is 2.10. The summed E-state index contributed by atoms with van der Waals surface area (Å²) in [6.07, 6.45) is 1.82. The Labute approximate surface area is 112 Å². The Kier molecular flexibility index (Phi) is 4.38. The van der Waals surface area contributed by atoms with Gasteiger partial charge in [0.1, 0.15) is 0 Å². The van der Waals surface area contributed by atoms with Crippen LogP contribution < -0.4 is 5.32 Å². The summed E-state index contributed by atoms with van der Waals surface area (Å²) in [4.78, 5) is 1.29. The zero-order valence-electron chi connectivity index (χ0n) is 10.9. The lowest BCUT2D eigenvalue weighted by molar-refractivity contribution is 0.580. The van der Waals surface area contributed by atoms with Gasteiger partial charge in [-0.1, -0.05) is 22.9 Å². The SMILES string of the molecule is CNC(CSc1ccc(C)cc1)c1cnnn1C. The van der Waals surface area contributed by atoms with Gasteiger partial charge in [0.15, 0.2) is 0 Å². The van der Waals surface area contributed by atoms with Crippen molar-refractivity contribution < 1.29 is 0 Å². The highest BCUT2D eigenvalue weighted by molar-refractivity contribution is 7.99. The molecule has 0 aliphatic carbocycles. The minimum atomic E-state index is 0.260. The second-order valence-electron chi connectivity index (χ2n) is 4.25. The van der Waals surface area contributed by atoms with Gasteiger partial charge in [0.05, 0.1) is 17.9 Å². The maximum absolute atomic E-state index is 3.97. The van der Waals surface area contributed by atoms with Crippen molar-refractivity contribution in [2.24, 2.45) is 7.05 Å². The summed E-state index contributed by atoms with van der Waals surface area (Å²) in [5.41, 5.74) is 2.40. The third-order valence-electron chi connectivity index (χ3n) is 2.89. The summed E-state index contributed by atoms with van der Waals surface area (Å²) in [5, 5.41) is 11.2. The van der Waals surface area contributed by atoms with Crippen LogP contribution in [0.4, 0.5) is 0 Å². The third-order valence-corrected chi connectivity index (χ3v) is 4.00. The predicted molar refractivity (Wildman–Crippen MR) is 74.7 cm³/mol. The zero-order chi connectivity index (χ0) is 13.0. The van der Waals surface area contributed by atoms with Gasteiger partial charge in [-0.25, -0.2) is 0 Å². The van der Waals surface area contributed by atoms with Gasteiger partial charge in [-0.05, 0) is 26.1 Å². The zero-order valence-corrected chi connectivity index (χ0v) is 11.7. The molecule has 1 unspecified atom stereocenters. The summed E-state index contributed by atoms with van der Waals surface area (Å²) in [5.74, 6) is 0.959. The van der Waals surface area contributed by atoms with Crippen LogP contribution in [0.2, 0.25) is 0 Å². The summed E-state index contributed by atoms with van der Waals surface area (Å²) in [7, 11) is 3.89. The predicted octanol–water partition coefficient (Wildman–Crippen LogP) is 2.18. The molecule has 2 aromatic rings. The quantitative estimate of drug-likeness (QED) is 0.839. The topological polar surface area (TPSA) is 42.7 Å². The molecule has 0 fully saturated rings. The molecule has 0 radical (unpaired) electrons. The Morgan fingerprint density at radius 1 is 1.33 bits per heavy atom. The molecule has 2 rings (SSSR count). The van der Waals surface area contributed by atoms with Crippen molar-refractivity contribution in [1.82, 2.24) is 20.3 Å². The third kappa shape index (κ3) is 3.11. The fraction of sp³-hybridized carbons (Fsp3) is 0.385. The van der Waals surface area contributed by atoms with Crippen molar-refractivity contribution in [3.63, 3.8) is 0 Å². The maximum atomic E-state index is 3.97. The number of aromatic nitrogens is 3. The number of nitrogens with zero attached hydrogens (tertiary/aromatic N) is 3. The van der Waals surface area contributed by atoms with Crippen LogP contribution in [0.5, 0.6) is 0 Å². The van der Waals surface area contributed by atoms with Crippen molar-refractivity contribution in [3.8, 4) is 0 Å². The van der Waals surface area contributed by atoms with Gasteiger partial charge in [0, 0.05) is 17.7 Å². The highest BCUT2D eigenvalue weighted by Crippen LogP contribution is 2.24. The van der Waals surface area contributed by atoms with E-state index in [0.717, 1.165) is 11.4 Å². The molecule has 4 nitrogen and oxygen atoms in total. The maximum Gasteiger partial charge on any atom is 0.0761 e. The highest BCUT2D eigenvalue weighted by atomic mass is 32.2. The van der Waals surface area contributed by atoms with E-state index in [4.69, 9.17) is 0 Å². The molecule has 1 atom stereocenters. The lowest BCUT2D eigenvalue weighted by atomic mass is 10.2. The Balaban J connectivity index is 2.00. The first kappa shape index (κ1) is 13.1. The normalized spacial score (nSPS) is 12.6. The van der Waals surface area contributed by atoms with E-state index in [2.05, 4.69) is 46.8 Å². The molecule has 0 aliphatic rings. The van der Waals surface area contributed by atoms with E-state index in [-0.39, 0.29) is 6.04 Å². The second-order valence-corrected chi connectivity index (χ2v) is 5.34. The highest BCUT2D eigenvalue weighted by Gasteiger charge is 2.13. The smallest absolute Gasteiger partial charge is 0.0761 e. The summed E-state index contributed by atoms with van der Waals surface area (Å²) < 4.78 is 1.82. The first-order chi connectivity index (χ1) is 8.70. The molecule has 1 aromatic heterocycles. The van der Waals surface area contributed by atoms with Crippen molar-refractivity contribution in [2.75, 3.05) is 12.8 Å². The van der Waals surface area contributed by atoms with Gasteiger partial charge in [-0.2, -0.15) is 0 Å². The molecule has 0 amide bonds. The molecule has 0 saturated heterocycles. The van der Waals surface area contributed by atoms with Crippen molar-refractivity contribution in [1.29, 1.82) is 0 Å². The molecule has 18 heavy (non-hydrogen) atoms. The molecule has 1 aromatic carbocycles. The van der Waals surface area contributed by atoms with Crippen LogP contribution in [0.15, 0.2) is 35.4 Å². The van der Waals surface area contributed by atoms with E-state index in [1.165, 1.54) is 10.5 Å². The monoisotopic (exact) mass is 262 g/mol. The van der Waals surface area contributed by atoms with E-state index in [1.54, 1.807) is 0 Å². The minimum Gasteiger partial charge on any atom is -0.311 e. The summed E-state index contributed by atoms with van der Waals surface area (Å²) in [6, 6.07) is 8.86. The van der Waals surface area contributed by atoms with E-state index in [1.807, 2.05) is 36.7 Å². The number of rotatable bonds is 5. The van der Waals surface area contributed by atoms with Crippen LogP contribution in [-0.2, 0) is 7.05 Å². The van der Waals surface area contributed by atoms with Crippen molar-refractivity contribution >= 4 is 11.8 Å². The standard InChI is InChI=1S/C13H18N4S/c1-10-4-6-11(7-5-10)18-9-12(14-2)13-8-15-16-17(13)3/h4-8,12,14H,9H2,1-3H3.